The van der Waals surface area contributed by atoms with Gasteiger partial charge >= 0.3 is 6.09 Å². The topological polar surface area (TPSA) is 118 Å². The normalized spacial score (nSPS) is 28.3. The molecule has 1 heterocycles. The van der Waals surface area contributed by atoms with Gasteiger partial charge in [-0.3, -0.25) is 19.2 Å². The first-order chi connectivity index (χ1) is 16.1. The Bertz CT molecular complexity index is 1310. The number of benzene rings is 1. The summed E-state index contributed by atoms with van der Waals surface area (Å²) in [6, 6.07) is 4.42. The summed E-state index contributed by atoms with van der Waals surface area (Å²) in [5.74, 6) is -5.42. The summed E-state index contributed by atoms with van der Waals surface area (Å²) in [5, 5.41) is 11.0. The summed E-state index contributed by atoms with van der Waals surface area (Å²) < 4.78 is 4.72. The van der Waals surface area contributed by atoms with Crippen molar-refractivity contribution in [2.24, 2.45) is 17.8 Å². The van der Waals surface area contributed by atoms with Gasteiger partial charge in [-0.05, 0) is 52.9 Å². The molecule has 4 aliphatic rings. The number of phenolic OH excluding ortho intramolecular Hbond substituents is 1. The number of ketones is 2. The van der Waals surface area contributed by atoms with Gasteiger partial charge in [0.1, 0.15) is 5.75 Å². The molecule has 1 saturated heterocycles. The molecular formula is C24H17BrClNO7. The summed E-state index contributed by atoms with van der Waals surface area (Å²) in [6.45, 7) is 0. The first kappa shape index (κ1) is 22.7. The Morgan fingerprint density at radius 3 is 2.62 bits per heavy atom. The third-order valence-corrected chi connectivity index (χ3v) is 7.81. The van der Waals surface area contributed by atoms with E-state index in [1.54, 1.807) is 6.08 Å². The van der Waals surface area contributed by atoms with Crippen LogP contribution in [0.15, 0.2) is 51.6 Å². The molecule has 0 bridgehead atoms. The monoisotopic (exact) mass is 545 g/mol. The van der Waals surface area contributed by atoms with Crippen LogP contribution in [0.4, 0.5) is 4.79 Å². The highest BCUT2D eigenvalue weighted by molar-refractivity contribution is 9.12. The minimum atomic E-state index is -1.06. The fourth-order valence-corrected chi connectivity index (χ4v) is 6.22. The number of imide groups is 3. The van der Waals surface area contributed by atoms with E-state index in [0.717, 1.165) is 7.11 Å². The van der Waals surface area contributed by atoms with Crippen molar-refractivity contribution in [3.8, 4) is 5.75 Å². The van der Waals surface area contributed by atoms with Gasteiger partial charge in [-0.25, -0.2) is 4.79 Å². The summed E-state index contributed by atoms with van der Waals surface area (Å²) >= 11 is 9.34. The van der Waals surface area contributed by atoms with Crippen molar-refractivity contribution in [3.63, 3.8) is 0 Å². The SMILES string of the molecule is COC(=O)N1C(=O)C2CC=C3C(c4cc(Cl)ccc4O)C4=C(CC3C2C1=O)C(=O)C(Br)=CC4=O. The van der Waals surface area contributed by atoms with Crippen molar-refractivity contribution >= 4 is 57.0 Å². The molecule has 174 valence electrons. The zero-order chi connectivity index (χ0) is 24.5. The number of Topliss-reactive ketones (excluding diaryl/α,β-unsaturated/α-hetero) is 1. The van der Waals surface area contributed by atoms with Gasteiger partial charge < -0.3 is 9.84 Å². The van der Waals surface area contributed by atoms with Gasteiger partial charge in [0.25, 0.3) is 0 Å². The Morgan fingerprint density at radius 1 is 1.18 bits per heavy atom. The summed E-state index contributed by atoms with van der Waals surface area (Å²) in [4.78, 5) is 65.0. The van der Waals surface area contributed by atoms with Crippen LogP contribution in [0.2, 0.25) is 5.02 Å². The number of carbonyl (C=O) groups excluding carboxylic acids is 5. The van der Waals surface area contributed by atoms with Crippen LogP contribution in [0.25, 0.3) is 0 Å². The van der Waals surface area contributed by atoms with E-state index in [9.17, 15) is 29.1 Å². The lowest BCUT2D eigenvalue weighted by Gasteiger charge is -2.42. The number of amides is 3. The Labute approximate surface area is 207 Å². The van der Waals surface area contributed by atoms with Gasteiger partial charge in [-0.15, -0.1) is 0 Å². The van der Waals surface area contributed by atoms with Crippen LogP contribution in [0.5, 0.6) is 5.75 Å². The van der Waals surface area contributed by atoms with Crippen LogP contribution < -0.4 is 0 Å². The van der Waals surface area contributed by atoms with E-state index in [0.29, 0.717) is 21.1 Å². The molecule has 0 saturated carbocycles. The second kappa shape index (κ2) is 8.02. The number of halogens is 2. The molecule has 0 aromatic heterocycles. The van der Waals surface area contributed by atoms with Crippen LogP contribution in [0.3, 0.4) is 0 Å². The first-order valence-electron chi connectivity index (χ1n) is 10.5. The zero-order valence-electron chi connectivity index (χ0n) is 17.7. The van der Waals surface area contributed by atoms with Crippen molar-refractivity contribution in [2.45, 2.75) is 18.8 Å². The average molecular weight is 547 g/mol. The summed E-state index contributed by atoms with van der Waals surface area (Å²) in [6.07, 6.45) is 2.13. The predicted octanol–water partition coefficient (Wildman–Crippen LogP) is 3.57. The molecule has 1 N–H and O–H groups in total. The molecular weight excluding hydrogens is 530 g/mol. The van der Waals surface area contributed by atoms with Crippen LogP contribution in [0.1, 0.15) is 24.3 Å². The molecule has 4 atom stereocenters. The third-order valence-electron chi connectivity index (χ3n) is 6.99. The van der Waals surface area contributed by atoms with Gasteiger partial charge in [-0.2, -0.15) is 4.90 Å². The summed E-state index contributed by atoms with van der Waals surface area (Å²) in [7, 11) is 1.08. The van der Waals surface area contributed by atoms with E-state index in [2.05, 4.69) is 20.7 Å². The van der Waals surface area contributed by atoms with Crippen molar-refractivity contribution < 1.29 is 33.8 Å². The van der Waals surface area contributed by atoms with E-state index in [1.165, 1.54) is 24.3 Å². The molecule has 3 aliphatic carbocycles. The van der Waals surface area contributed by atoms with E-state index in [4.69, 9.17) is 11.6 Å². The molecule has 4 unspecified atom stereocenters. The Balaban J connectivity index is 1.70. The number of rotatable bonds is 1. The minimum absolute atomic E-state index is 0.0434. The number of ether oxygens (including phenoxy) is 1. The van der Waals surface area contributed by atoms with Crippen LogP contribution in [-0.4, -0.2) is 46.6 Å². The predicted molar refractivity (Wildman–Crippen MR) is 122 cm³/mol. The lowest BCUT2D eigenvalue weighted by Crippen LogP contribution is -2.40. The molecule has 1 fully saturated rings. The van der Waals surface area contributed by atoms with Crippen molar-refractivity contribution in [1.29, 1.82) is 0 Å². The van der Waals surface area contributed by atoms with Gasteiger partial charge in [0.2, 0.25) is 11.8 Å². The zero-order valence-corrected chi connectivity index (χ0v) is 20.1. The van der Waals surface area contributed by atoms with E-state index < -0.39 is 53.1 Å². The fraction of sp³-hybridized carbons (Fsp3) is 0.292. The minimum Gasteiger partial charge on any atom is -0.508 e. The molecule has 34 heavy (non-hydrogen) atoms. The quantitative estimate of drug-likeness (QED) is 0.325. The van der Waals surface area contributed by atoms with E-state index in [1.807, 2.05) is 0 Å². The standard InChI is InChI=1S/C24H17BrClNO7/c1-34-24(33)27-22(31)11-4-3-10-12(19(11)23(27)32)7-14-20(17(29)8-15(25)21(14)30)18(10)13-6-9(26)2-5-16(13)28/h2-3,5-6,8,11-12,18-19,28H,4,7H2,1H3. The van der Waals surface area contributed by atoms with Crippen LogP contribution in [-0.2, 0) is 23.9 Å². The second-order valence-corrected chi connectivity index (χ2v) is 9.87. The van der Waals surface area contributed by atoms with E-state index >= 15 is 0 Å². The highest BCUT2D eigenvalue weighted by atomic mass is 79.9. The Morgan fingerprint density at radius 2 is 1.91 bits per heavy atom. The number of hydrogen-bond acceptors (Lipinski definition) is 7. The van der Waals surface area contributed by atoms with Gasteiger partial charge in [0.05, 0.1) is 23.4 Å². The molecule has 1 aromatic rings. The fourth-order valence-electron chi connectivity index (χ4n) is 5.59. The molecule has 0 spiro atoms. The maximum atomic E-state index is 13.3. The number of likely N-dealkylation sites (tertiary alicyclic amines) is 1. The number of fused-ring (bicyclic) bond motifs is 3. The van der Waals surface area contributed by atoms with Gasteiger partial charge in [-0.1, -0.05) is 23.3 Å². The Hall–Kier alpha value is -3.04. The number of carbonyl (C=O) groups is 5. The van der Waals surface area contributed by atoms with Crippen molar-refractivity contribution in [1.82, 2.24) is 4.90 Å². The highest BCUT2D eigenvalue weighted by Gasteiger charge is 2.58. The van der Waals surface area contributed by atoms with E-state index in [-0.39, 0.29) is 34.2 Å². The van der Waals surface area contributed by atoms with Crippen LogP contribution >= 0.6 is 27.5 Å². The largest absolute Gasteiger partial charge is 0.508 e. The average Bonchev–Trinajstić information content (AvgIpc) is 3.07. The van der Waals surface area contributed by atoms with Crippen LogP contribution in [0, 0.1) is 17.8 Å². The molecule has 8 nitrogen and oxygen atoms in total. The molecule has 5 rings (SSSR count). The maximum Gasteiger partial charge on any atom is 0.423 e. The highest BCUT2D eigenvalue weighted by Crippen LogP contribution is 2.56. The molecule has 3 amide bonds. The molecule has 10 heteroatoms. The number of hydrogen-bond donors (Lipinski definition) is 1. The lowest BCUT2D eigenvalue weighted by molar-refractivity contribution is -0.137. The lowest BCUT2D eigenvalue weighted by atomic mass is 9.59. The first-order valence-corrected chi connectivity index (χ1v) is 11.7. The smallest absolute Gasteiger partial charge is 0.423 e. The van der Waals surface area contributed by atoms with Gasteiger partial charge in [0.15, 0.2) is 11.6 Å². The number of aromatic hydroxyl groups is 1. The number of nitrogens with zero attached hydrogens (tertiary/aromatic N) is 1. The Kier molecular flexibility index (Phi) is 5.37. The molecule has 1 aromatic carbocycles. The molecule has 0 radical (unpaired) electrons. The second-order valence-electron chi connectivity index (χ2n) is 8.58. The maximum absolute atomic E-state index is 13.3. The summed E-state index contributed by atoms with van der Waals surface area (Å²) in [5.41, 5.74) is 1.39. The third kappa shape index (κ3) is 3.14. The number of phenols is 1. The number of allylic oxidation sites excluding steroid dienone is 6. The van der Waals surface area contributed by atoms with Crippen molar-refractivity contribution in [3.05, 3.63) is 62.1 Å². The number of methoxy groups -OCH3 is 1. The van der Waals surface area contributed by atoms with Crippen molar-refractivity contribution in [2.75, 3.05) is 7.11 Å². The molecule has 1 aliphatic heterocycles. The van der Waals surface area contributed by atoms with Gasteiger partial charge in [0, 0.05) is 33.7 Å².